The molecule has 6 heteroatoms. The molecule has 4 rings (SSSR count). The second-order valence-electron chi connectivity index (χ2n) is 7.02. The predicted molar refractivity (Wildman–Crippen MR) is 110 cm³/mol. The molecule has 140 valence electrons. The van der Waals surface area contributed by atoms with E-state index in [-0.39, 0.29) is 5.91 Å². The smallest absolute Gasteiger partial charge is 0.274 e. The molecule has 27 heavy (non-hydrogen) atoms. The fourth-order valence-electron chi connectivity index (χ4n) is 3.49. The van der Waals surface area contributed by atoms with Gasteiger partial charge in [0.25, 0.3) is 5.91 Å². The van der Waals surface area contributed by atoms with Gasteiger partial charge in [0, 0.05) is 32.4 Å². The fraction of sp³-hybridized carbons (Fsp3) is 0.333. The highest BCUT2D eigenvalue weighted by Gasteiger charge is 2.17. The molecule has 0 aliphatic carbocycles. The van der Waals surface area contributed by atoms with E-state index < -0.39 is 0 Å². The van der Waals surface area contributed by atoms with Crippen LogP contribution in [0.25, 0.3) is 10.6 Å². The summed E-state index contributed by atoms with van der Waals surface area (Å²) in [4.78, 5) is 17.9. The number of nitrogens with one attached hydrogen (secondary N) is 1. The van der Waals surface area contributed by atoms with Gasteiger partial charge >= 0.3 is 0 Å². The van der Waals surface area contributed by atoms with Crippen LogP contribution < -0.4 is 4.90 Å². The Kier molecular flexibility index (Phi) is 5.25. The predicted octanol–water partition coefficient (Wildman–Crippen LogP) is 4.40. The highest BCUT2D eigenvalue weighted by molar-refractivity contribution is 7.13. The minimum absolute atomic E-state index is 0.0748. The van der Waals surface area contributed by atoms with Crippen molar-refractivity contribution < 1.29 is 4.79 Å². The molecule has 0 bridgehead atoms. The van der Waals surface area contributed by atoms with Crippen molar-refractivity contribution in [3.8, 4) is 10.6 Å². The van der Waals surface area contributed by atoms with E-state index >= 15 is 0 Å². The van der Waals surface area contributed by atoms with Crippen LogP contribution in [-0.4, -0.2) is 41.1 Å². The van der Waals surface area contributed by atoms with Gasteiger partial charge in [0.2, 0.25) is 0 Å². The number of anilines is 1. The molecule has 3 heterocycles. The van der Waals surface area contributed by atoms with E-state index in [4.69, 9.17) is 0 Å². The average Bonchev–Trinajstić information content (AvgIpc) is 3.40. The molecule has 1 N–H and O–H groups in total. The number of hydrogen-bond acceptors (Lipinski definition) is 4. The highest BCUT2D eigenvalue weighted by Crippen LogP contribution is 2.24. The van der Waals surface area contributed by atoms with Gasteiger partial charge in [-0.1, -0.05) is 18.2 Å². The molecule has 0 radical (unpaired) electrons. The van der Waals surface area contributed by atoms with Crippen LogP contribution in [0.2, 0.25) is 0 Å². The molecular formula is C21H24N4OS. The lowest BCUT2D eigenvalue weighted by molar-refractivity contribution is 0.0779. The van der Waals surface area contributed by atoms with Gasteiger partial charge in [0.05, 0.1) is 10.6 Å². The molecule has 0 spiro atoms. The van der Waals surface area contributed by atoms with Crippen LogP contribution in [0.4, 0.5) is 5.69 Å². The van der Waals surface area contributed by atoms with E-state index in [0.29, 0.717) is 12.2 Å². The van der Waals surface area contributed by atoms with Crippen molar-refractivity contribution in [2.45, 2.75) is 25.8 Å². The number of benzene rings is 1. The fourth-order valence-corrected chi connectivity index (χ4v) is 4.19. The zero-order chi connectivity index (χ0) is 18.6. The number of aromatic nitrogens is 2. The van der Waals surface area contributed by atoms with Gasteiger partial charge in [-0.3, -0.25) is 9.89 Å². The molecular weight excluding hydrogens is 356 g/mol. The average molecular weight is 381 g/mol. The van der Waals surface area contributed by atoms with Gasteiger partial charge in [-0.15, -0.1) is 11.3 Å². The number of aromatic amines is 1. The Balaban J connectivity index is 1.39. The lowest BCUT2D eigenvalue weighted by Crippen LogP contribution is -2.29. The molecule has 1 aliphatic rings. The van der Waals surface area contributed by atoms with Crippen LogP contribution in [0.15, 0.2) is 47.8 Å². The van der Waals surface area contributed by atoms with E-state index in [1.807, 2.05) is 30.6 Å². The highest BCUT2D eigenvalue weighted by atomic mass is 32.1. The van der Waals surface area contributed by atoms with Crippen molar-refractivity contribution in [3.05, 3.63) is 59.1 Å². The number of hydrogen-bond donors (Lipinski definition) is 1. The van der Waals surface area contributed by atoms with E-state index in [2.05, 4.69) is 39.4 Å². The molecule has 1 aliphatic heterocycles. The summed E-state index contributed by atoms with van der Waals surface area (Å²) < 4.78 is 0. The Morgan fingerprint density at radius 1 is 1.19 bits per heavy atom. The molecule has 2 aromatic heterocycles. The molecule has 1 saturated heterocycles. The summed E-state index contributed by atoms with van der Waals surface area (Å²) in [6.45, 7) is 2.85. The first-order valence-electron chi connectivity index (χ1n) is 9.39. The number of carbonyl (C=O) groups excluding carboxylic acids is 1. The maximum Gasteiger partial charge on any atom is 0.274 e. The molecule has 1 amide bonds. The second-order valence-corrected chi connectivity index (χ2v) is 7.97. The SMILES string of the molecule is CN(Cc1ccc(N2CCCCC2)cc1)C(=O)c1cc(-c2cccs2)[nH]n1. The van der Waals surface area contributed by atoms with Crippen molar-refractivity contribution in [2.75, 3.05) is 25.0 Å². The van der Waals surface area contributed by atoms with Gasteiger partial charge in [0.1, 0.15) is 0 Å². The summed E-state index contributed by atoms with van der Waals surface area (Å²) in [6.07, 6.45) is 3.88. The van der Waals surface area contributed by atoms with Crippen LogP contribution in [0.3, 0.4) is 0 Å². The second kappa shape index (κ2) is 7.96. The number of H-pyrrole nitrogens is 1. The zero-order valence-electron chi connectivity index (χ0n) is 15.5. The molecule has 0 saturated carbocycles. The summed E-state index contributed by atoms with van der Waals surface area (Å²) in [6, 6.07) is 14.4. The molecule has 1 aromatic carbocycles. The number of rotatable bonds is 5. The van der Waals surface area contributed by atoms with Crippen molar-refractivity contribution in [1.82, 2.24) is 15.1 Å². The Morgan fingerprint density at radius 2 is 1.96 bits per heavy atom. The number of amides is 1. The Bertz CT molecular complexity index is 879. The minimum atomic E-state index is -0.0748. The van der Waals surface area contributed by atoms with Crippen molar-refractivity contribution >= 4 is 22.9 Å². The molecule has 0 atom stereocenters. The van der Waals surface area contributed by atoms with Gasteiger partial charge < -0.3 is 9.80 Å². The minimum Gasteiger partial charge on any atom is -0.372 e. The number of thiophene rings is 1. The zero-order valence-corrected chi connectivity index (χ0v) is 16.3. The number of carbonyl (C=O) groups is 1. The summed E-state index contributed by atoms with van der Waals surface area (Å²) >= 11 is 1.62. The first kappa shape index (κ1) is 17.8. The Morgan fingerprint density at radius 3 is 2.67 bits per heavy atom. The van der Waals surface area contributed by atoms with Crippen LogP contribution in [0.5, 0.6) is 0 Å². The van der Waals surface area contributed by atoms with E-state index in [1.54, 1.807) is 16.2 Å². The summed E-state index contributed by atoms with van der Waals surface area (Å²) in [7, 11) is 1.82. The van der Waals surface area contributed by atoms with Crippen molar-refractivity contribution in [1.29, 1.82) is 0 Å². The van der Waals surface area contributed by atoms with E-state index in [9.17, 15) is 4.79 Å². The third-order valence-electron chi connectivity index (χ3n) is 5.01. The quantitative estimate of drug-likeness (QED) is 0.714. The molecule has 0 unspecified atom stereocenters. The summed E-state index contributed by atoms with van der Waals surface area (Å²) in [5.74, 6) is -0.0748. The van der Waals surface area contributed by atoms with Gasteiger partial charge in [-0.2, -0.15) is 5.10 Å². The number of nitrogens with zero attached hydrogens (tertiary/aromatic N) is 3. The molecule has 3 aromatic rings. The first-order chi connectivity index (χ1) is 13.2. The van der Waals surface area contributed by atoms with Gasteiger partial charge in [0.15, 0.2) is 5.69 Å². The van der Waals surface area contributed by atoms with Crippen molar-refractivity contribution in [3.63, 3.8) is 0 Å². The lowest BCUT2D eigenvalue weighted by Gasteiger charge is -2.29. The monoisotopic (exact) mass is 380 g/mol. The van der Waals surface area contributed by atoms with Crippen LogP contribution in [-0.2, 0) is 6.54 Å². The third-order valence-corrected chi connectivity index (χ3v) is 5.91. The molecule has 1 fully saturated rings. The maximum atomic E-state index is 12.7. The number of piperidine rings is 1. The summed E-state index contributed by atoms with van der Waals surface area (Å²) in [5, 5.41) is 9.16. The van der Waals surface area contributed by atoms with Gasteiger partial charge in [-0.25, -0.2) is 0 Å². The van der Waals surface area contributed by atoms with E-state index in [0.717, 1.165) is 29.2 Å². The largest absolute Gasteiger partial charge is 0.372 e. The Labute approximate surface area is 163 Å². The van der Waals surface area contributed by atoms with Gasteiger partial charge in [-0.05, 0) is 54.5 Å². The third kappa shape index (κ3) is 4.06. The lowest BCUT2D eigenvalue weighted by atomic mass is 10.1. The first-order valence-corrected chi connectivity index (χ1v) is 10.3. The molecule has 5 nitrogen and oxygen atoms in total. The van der Waals surface area contributed by atoms with Crippen LogP contribution in [0.1, 0.15) is 35.3 Å². The van der Waals surface area contributed by atoms with Crippen LogP contribution in [0, 0.1) is 0 Å². The normalized spacial score (nSPS) is 14.3. The standard InChI is InChI=1S/C21H24N4OS/c1-24(21(26)19-14-18(22-23-19)20-6-5-13-27-20)15-16-7-9-17(10-8-16)25-11-3-2-4-12-25/h5-10,13-14H,2-4,11-12,15H2,1H3,(H,22,23). The Hall–Kier alpha value is -2.60. The van der Waals surface area contributed by atoms with E-state index in [1.165, 1.54) is 24.9 Å². The maximum absolute atomic E-state index is 12.7. The van der Waals surface area contributed by atoms with Crippen molar-refractivity contribution in [2.24, 2.45) is 0 Å². The van der Waals surface area contributed by atoms with Crippen LogP contribution >= 0.6 is 11.3 Å². The summed E-state index contributed by atoms with van der Waals surface area (Å²) in [5.41, 5.74) is 3.74. The topological polar surface area (TPSA) is 52.2 Å².